The molecule has 6 heteroatoms. The molecule has 0 amide bonds. The maximum absolute atomic E-state index is 11.8. The average molecular weight is 227 g/mol. The van der Waals surface area contributed by atoms with Crippen LogP contribution in [0.25, 0.3) is 0 Å². The maximum atomic E-state index is 11.8. The van der Waals surface area contributed by atoms with Crippen molar-refractivity contribution in [3.05, 3.63) is 18.5 Å². The van der Waals surface area contributed by atoms with Crippen molar-refractivity contribution in [2.75, 3.05) is 11.9 Å². The van der Waals surface area contributed by atoms with Gasteiger partial charge in [-0.3, -0.25) is 4.98 Å². The molecule has 0 saturated carbocycles. The van der Waals surface area contributed by atoms with Gasteiger partial charge in [-0.15, -0.1) is 0 Å². The second-order valence-electron chi connectivity index (χ2n) is 3.50. The van der Waals surface area contributed by atoms with Crippen LogP contribution >= 0.6 is 0 Å². The van der Waals surface area contributed by atoms with Crippen LogP contribution in [0.3, 0.4) is 0 Å². The van der Waals surface area contributed by atoms with Gasteiger partial charge < -0.3 is 4.90 Å². The first kappa shape index (κ1) is 10.4. The van der Waals surface area contributed by atoms with Crippen molar-refractivity contribution in [3.8, 4) is 0 Å². The van der Waals surface area contributed by atoms with E-state index in [0.29, 0.717) is 5.69 Å². The van der Waals surface area contributed by atoms with Crippen LogP contribution in [0.1, 0.15) is 13.3 Å². The molecule has 2 heterocycles. The molecule has 1 atom stereocenters. The summed E-state index contributed by atoms with van der Waals surface area (Å²) in [6, 6.07) is 1.72. The Morgan fingerprint density at radius 2 is 2.33 bits per heavy atom. The number of sulfonamides is 1. The van der Waals surface area contributed by atoms with Gasteiger partial charge in [0, 0.05) is 19.4 Å². The van der Waals surface area contributed by atoms with E-state index in [1.54, 1.807) is 12.3 Å². The lowest BCUT2D eigenvalue weighted by molar-refractivity contribution is 0.518. The molecule has 0 fully saturated rings. The zero-order chi connectivity index (χ0) is 11.1. The molecule has 1 aliphatic heterocycles. The van der Waals surface area contributed by atoms with Crippen LogP contribution in [-0.2, 0) is 10.0 Å². The lowest BCUT2D eigenvalue weighted by Gasteiger charge is -2.35. The van der Waals surface area contributed by atoms with Gasteiger partial charge in [0.15, 0.2) is 0 Å². The third-order valence-corrected chi connectivity index (χ3v) is 4.05. The van der Waals surface area contributed by atoms with E-state index in [1.165, 1.54) is 6.20 Å². The summed E-state index contributed by atoms with van der Waals surface area (Å²) in [5, 5.41) is 0. The second kappa shape index (κ2) is 3.46. The van der Waals surface area contributed by atoms with Crippen LogP contribution in [-0.4, -0.2) is 26.6 Å². The zero-order valence-corrected chi connectivity index (χ0v) is 9.45. The molecule has 0 radical (unpaired) electrons. The zero-order valence-electron chi connectivity index (χ0n) is 8.64. The molecular formula is C9H13N3O2S. The van der Waals surface area contributed by atoms with Crippen LogP contribution in [0.4, 0.5) is 5.69 Å². The normalized spacial score (nSPS) is 23.6. The standard InChI is InChI=1S/C9H13N3O2S/c1-3-9-11-15(13,14)8-6-10-5-4-7(8)12(9)2/h4-6,9,11H,3H2,1-2H3. The topological polar surface area (TPSA) is 62.3 Å². The van der Waals surface area contributed by atoms with E-state index in [1.807, 2.05) is 18.9 Å². The summed E-state index contributed by atoms with van der Waals surface area (Å²) in [5.74, 6) is 0. The smallest absolute Gasteiger partial charge is 0.245 e. The number of anilines is 1. The Kier molecular flexibility index (Phi) is 2.40. The summed E-state index contributed by atoms with van der Waals surface area (Å²) in [4.78, 5) is 6.00. The van der Waals surface area contributed by atoms with Crippen molar-refractivity contribution < 1.29 is 8.42 Å². The van der Waals surface area contributed by atoms with E-state index >= 15 is 0 Å². The number of nitrogens with zero attached hydrogens (tertiary/aromatic N) is 2. The van der Waals surface area contributed by atoms with Crippen molar-refractivity contribution in [2.24, 2.45) is 0 Å². The molecule has 0 aliphatic carbocycles. The molecule has 1 aliphatic rings. The van der Waals surface area contributed by atoms with Gasteiger partial charge >= 0.3 is 0 Å². The molecule has 2 rings (SSSR count). The number of fused-ring (bicyclic) bond motifs is 1. The third kappa shape index (κ3) is 1.59. The molecule has 0 saturated heterocycles. The molecule has 1 aromatic heterocycles. The predicted octanol–water partition coefficient (Wildman–Crippen LogP) is 0.546. The van der Waals surface area contributed by atoms with E-state index in [0.717, 1.165) is 6.42 Å². The Morgan fingerprint density at radius 3 is 3.00 bits per heavy atom. The van der Waals surface area contributed by atoms with Gasteiger partial charge in [-0.05, 0) is 12.5 Å². The maximum Gasteiger partial charge on any atom is 0.245 e. The molecule has 5 nitrogen and oxygen atoms in total. The van der Waals surface area contributed by atoms with Crippen LogP contribution in [0.5, 0.6) is 0 Å². The van der Waals surface area contributed by atoms with E-state index in [2.05, 4.69) is 9.71 Å². The summed E-state index contributed by atoms with van der Waals surface area (Å²) in [6.07, 6.45) is 3.52. The first-order chi connectivity index (χ1) is 7.06. The Labute approximate surface area is 89.2 Å². The molecule has 1 unspecified atom stereocenters. The van der Waals surface area contributed by atoms with Crippen molar-refractivity contribution >= 4 is 15.7 Å². The number of aromatic nitrogens is 1. The Balaban J connectivity index is 2.60. The van der Waals surface area contributed by atoms with Gasteiger partial charge in [0.05, 0.1) is 11.9 Å². The highest BCUT2D eigenvalue weighted by Crippen LogP contribution is 2.29. The summed E-state index contributed by atoms with van der Waals surface area (Å²) < 4.78 is 26.2. The van der Waals surface area contributed by atoms with Gasteiger partial charge in [-0.2, -0.15) is 4.72 Å². The number of pyridine rings is 1. The molecule has 82 valence electrons. The van der Waals surface area contributed by atoms with E-state index in [4.69, 9.17) is 0 Å². The Morgan fingerprint density at radius 1 is 1.60 bits per heavy atom. The van der Waals surface area contributed by atoms with Gasteiger partial charge in [0.25, 0.3) is 0 Å². The van der Waals surface area contributed by atoms with Crippen LogP contribution in [0, 0.1) is 0 Å². The molecule has 0 spiro atoms. The van der Waals surface area contributed by atoms with Crippen molar-refractivity contribution in [1.29, 1.82) is 0 Å². The quantitative estimate of drug-likeness (QED) is 0.761. The fourth-order valence-corrected chi connectivity index (χ4v) is 3.21. The Bertz CT molecular complexity index is 472. The summed E-state index contributed by atoms with van der Waals surface area (Å²) in [5.41, 5.74) is 0.704. The van der Waals surface area contributed by atoms with Crippen LogP contribution in [0.15, 0.2) is 23.4 Å². The van der Waals surface area contributed by atoms with Gasteiger partial charge in [0.2, 0.25) is 10.0 Å². The minimum atomic E-state index is -3.39. The molecular weight excluding hydrogens is 214 g/mol. The summed E-state index contributed by atoms with van der Waals surface area (Å²) in [7, 11) is -1.52. The third-order valence-electron chi connectivity index (χ3n) is 2.58. The minimum Gasteiger partial charge on any atom is -0.357 e. The molecule has 0 aromatic carbocycles. The summed E-state index contributed by atoms with van der Waals surface area (Å²) >= 11 is 0. The molecule has 15 heavy (non-hydrogen) atoms. The minimum absolute atomic E-state index is 0.176. The van der Waals surface area contributed by atoms with E-state index < -0.39 is 10.0 Å². The van der Waals surface area contributed by atoms with Gasteiger partial charge in [-0.25, -0.2) is 8.42 Å². The van der Waals surface area contributed by atoms with Gasteiger partial charge in [-0.1, -0.05) is 6.92 Å². The Hall–Kier alpha value is -1.14. The summed E-state index contributed by atoms with van der Waals surface area (Å²) in [6.45, 7) is 1.94. The first-order valence-corrected chi connectivity index (χ1v) is 6.23. The fraction of sp³-hybridized carbons (Fsp3) is 0.444. The van der Waals surface area contributed by atoms with Gasteiger partial charge in [0.1, 0.15) is 4.90 Å². The number of hydrogen-bond acceptors (Lipinski definition) is 4. The molecule has 0 bridgehead atoms. The van der Waals surface area contributed by atoms with Crippen LogP contribution in [0.2, 0.25) is 0 Å². The number of rotatable bonds is 1. The fourth-order valence-electron chi connectivity index (χ4n) is 1.72. The van der Waals surface area contributed by atoms with Crippen molar-refractivity contribution in [3.63, 3.8) is 0 Å². The second-order valence-corrected chi connectivity index (χ2v) is 5.18. The van der Waals surface area contributed by atoms with E-state index in [-0.39, 0.29) is 11.1 Å². The van der Waals surface area contributed by atoms with Crippen molar-refractivity contribution in [1.82, 2.24) is 9.71 Å². The number of nitrogens with one attached hydrogen (secondary N) is 1. The lowest BCUT2D eigenvalue weighted by Crippen LogP contribution is -2.50. The molecule has 1 N–H and O–H groups in total. The number of hydrogen-bond donors (Lipinski definition) is 1. The van der Waals surface area contributed by atoms with Crippen LogP contribution < -0.4 is 9.62 Å². The van der Waals surface area contributed by atoms with E-state index in [9.17, 15) is 8.42 Å². The predicted molar refractivity (Wildman–Crippen MR) is 57.0 cm³/mol. The highest BCUT2D eigenvalue weighted by atomic mass is 32.2. The average Bonchev–Trinajstić information content (AvgIpc) is 2.24. The SMILES string of the molecule is CCC1NS(=O)(=O)c2cnccc2N1C. The van der Waals surface area contributed by atoms with Crippen molar-refractivity contribution in [2.45, 2.75) is 24.4 Å². The first-order valence-electron chi connectivity index (χ1n) is 4.75. The largest absolute Gasteiger partial charge is 0.357 e. The monoisotopic (exact) mass is 227 g/mol. The highest BCUT2D eigenvalue weighted by molar-refractivity contribution is 7.89. The molecule has 1 aromatic rings. The lowest BCUT2D eigenvalue weighted by atomic mass is 10.3. The highest BCUT2D eigenvalue weighted by Gasteiger charge is 2.31.